The third-order valence-electron chi connectivity index (χ3n) is 3.24. The van der Waals surface area contributed by atoms with Gasteiger partial charge in [0.05, 0.1) is 12.8 Å². The molecule has 0 saturated carbocycles. The van der Waals surface area contributed by atoms with Crippen LogP contribution in [-0.2, 0) is 16.6 Å². The van der Waals surface area contributed by atoms with E-state index in [0.29, 0.717) is 17.3 Å². The number of benzene rings is 1. The zero-order valence-electron chi connectivity index (χ0n) is 13.0. The van der Waals surface area contributed by atoms with Crippen LogP contribution in [0.2, 0.25) is 0 Å². The highest BCUT2D eigenvalue weighted by Crippen LogP contribution is 2.34. The van der Waals surface area contributed by atoms with Gasteiger partial charge in [0.2, 0.25) is 11.8 Å². The van der Waals surface area contributed by atoms with Crippen molar-refractivity contribution in [1.29, 1.82) is 0 Å². The van der Waals surface area contributed by atoms with Gasteiger partial charge in [0.25, 0.3) is 10.0 Å². The number of para-hydroxylation sites is 2. The first-order chi connectivity index (χ1) is 11.5. The van der Waals surface area contributed by atoms with Crippen molar-refractivity contribution < 1.29 is 17.6 Å². The Balaban J connectivity index is 2.10. The highest BCUT2D eigenvalue weighted by molar-refractivity contribution is 7.94. The molecule has 2 aromatic heterocycles. The molecular weight excluding hydrogens is 350 g/mol. The summed E-state index contributed by atoms with van der Waals surface area (Å²) in [6, 6.07) is 10.1. The lowest BCUT2D eigenvalue weighted by Gasteiger charge is -2.23. The maximum Gasteiger partial charge on any atom is 0.274 e. The number of sulfonamides is 1. The largest absolute Gasteiger partial charge is 0.495 e. The Bertz CT molecular complexity index is 920. The normalized spacial score (nSPS) is 11.4. The minimum atomic E-state index is -3.79. The highest BCUT2D eigenvalue weighted by atomic mass is 32.2. The van der Waals surface area contributed by atoms with Crippen LogP contribution < -0.4 is 9.04 Å². The predicted molar refractivity (Wildman–Crippen MR) is 89.7 cm³/mol. The van der Waals surface area contributed by atoms with Crippen LogP contribution in [0.4, 0.5) is 5.69 Å². The van der Waals surface area contributed by atoms with Gasteiger partial charge in [0, 0.05) is 6.92 Å². The molecule has 0 aliphatic heterocycles. The molecule has 0 bridgehead atoms. The van der Waals surface area contributed by atoms with Crippen LogP contribution in [0, 0.1) is 6.92 Å². The number of rotatable bonds is 6. The second-order valence-electron chi connectivity index (χ2n) is 4.83. The van der Waals surface area contributed by atoms with Gasteiger partial charge in [0.15, 0.2) is 0 Å². The molecular formula is C15H15N3O4S2. The summed E-state index contributed by atoms with van der Waals surface area (Å²) in [6.45, 7) is 1.57. The van der Waals surface area contributed by atoms with Crippen molar-refractivity contribution in [3.05, 3.63) is 53.6 Å². The first-order valence-corrected chi connectivity index (χ1v) is 9.32. The molecule has 0 saturated heterocycles. The summed E-state index contributed by atoms with van der Waals surface area (Å²) in [5, 5.41) is 9.37. The van der Waals surface area contributed by atoms with Crippen molar-refractivity contribution in [2.24, 2.45) is 0 Å². The Hall–Kier alpha value is -2.39. The molecule has 0 radical (unpaired) electrons. The Morgan fingerprint density at radius 1 is 1.21 bits per heavy atom. The minimum absolute atomic E-state index is 0.0819. The van der Waals surface area contributed by atoms with Crippen LogP contribution in [-0.4, -0.2) is 25.7 Å². The van der Waals surface area contributed by atoms with E-state index in [1.54, 1.807) is 48.7 Å². The maximum absolute atomic E-state index is 13.1. The molecule has 24 heavy (non-hydrogen) atoms. The number of hydrogen-bond acceptors (Lipinski definition) is 7. The van der Waals surface area contributed by atoms with Crippen LogP contribution in [0.1, 0.15) is 11.8 Å². The van der Waals surface area contributed by atoms with E-state index in [9.17, 15) is 8.42 Å². The van der Waals surface area contributed by atoms with E-state index in [0.717, 1.165) is 11.3 Å². The second-order valence-corrected chi connectivity index (χ2v) is 7.87. The molecule has 0 spiro atoms. The van der Waals surface area contributed by atoms with E-state index in [-0.39, 0.29) is 16.6 Å². The molecule has 3 aromatic rings. The third kappa shape index (κ3) is 3.13. The van der Waals surface area contributed by atoms with Gasteiger partial charge in [-0.3, -0.25) is 4.31 Å². The molecule has 0 unspecified atom stereocenters. The van der Waals surface area contributed by atoms with Crippen molar-refractivity contribution in [2.75, 3.05) is 11.4 Å². The van der Waals surface area contributed by atoms with Gasteiger partial charge < -0.3 is 9.15 Å². The number of nitrogens with zero attached hydrogens (tertiary/aromatic N) is 3. The predicted octanol–water partition coefficient (Wildman–Crippen LogP) is 2.84. The second kappa shape index (κ2) is 6.62. The highest BCUT2D eigenvalue weighted by Gasteiger charge is 2.29. The van der Waals surface area contributed by atoms with E-state index in [4.69, 9.17) is 9.15 Å². The Kier molecular flexibility index (Phi) is 4.54. The van der Waals surface area contributed by atoms with Gasteiger partial charge in [-0.15, -0.1) is 21.5 Å². The Morgan fingerprint density at radius 2 is 2.00 bits per heavy atom. The molecule has 0 amide bonds. The molecule has 9 heteroatoms. The number of methoxy groups -OCH3 is 1. The van der Waals surface area contributed by atoms with E-state index in [2.05, 4.69) is 10.2 Å². The van der Waals surface area contributed by atoms with Crippen molar-refractivity contribution in [3.63, 3.8) is 0 Å². The molecule has 3 rings (SSSR count). The lowest BCUT2D eigenvalue weighted by Crippen LogP contribution is -2.30. The molecule has 126 valence electrons. The van der Waals surface area contributed by atoms with Crippen molar-refractivity contribution in [3.8, 4) is 5.75 Å². The van der Waals surface area contributed by atoms with Crippen molar-refractivity contribution in [2.45, 2.75) is 17.7 Å². The maximum atomic E-state index is 13.1. The topological polar surface area (TPSA) is 85.5 Å². The third-order valence-corrected chi connectivity index (χ3v) is 6.37. The molecule has 0 atom stereocenters. The van der Waals surface area contributed by atoms with Gasteiger partial charge in [-0.25, -0.2) is 8.42 Å². The average Bonchev–Trinajstić information content (AvgIpc) is 3.24. The lowest BCUT2D eigenvalue weighted by atomic mass is 10.3. The number of aryl methyl sites for hydroxylation is 1. The first kappa shape index (κ1) is 16.5. The number of thiophene rings is 1. The summed E-state index contributed by atoms with van der Waals surface area (Å²) in [5.41, 5.74) is 0.407. The lowest BCUT2D eigenvalue weighted by molar-refractivity contribution is 0.414. The summed E-state index contributed by atoms with van der Waals surface area (Å²) in [5.74, 6) is 1.02. The zero-order valence-corrected chi connectivity index (χ0v) is 14.7. The molecule has 2 heterocycles. The SMILES string of the molecule is COc1ccccc1N(Cc1nnc(C)o1)S(=O)(=O)c1cccs1. The summed E-state index contributed by atoms with van der Waals surface area (Å²) < 4.78 is 38.2. The molecule has 0 N–H and O–H groups in total. The molecule has 7 nitrogen and oxygen atoms in total. The van der Waals surface area contributed by atoms with E-state index in [1.165, 1.54) is 11.4 Å². The van der Waals surface area contributed by atoms with Crippen molar-refractivity contribution >= 4 is 27.0 Å². The Morgan fingerprint density at radius 3 is 2.62 bits per heavy atom. The zero-order chi connectivity index (χ0) is 17.2. The number of hydrogen-bond donors (Lipinski definition) is 0. The summed E-state index contributed by atoms with van der Waals surface area (Å²) >= 11 is 1.14. The van der Waals surface area contributed by atoms with E-state index < -0.39 is 10.0 Å². The summed E-state index contributed by atoms with van der Waals surface area (Å²) in [7, 11) is -2.30. The first-order valence-electron chi connectivity index (χ1n) is 7.00. The van der Waals surface area contributed by atoms with Crippen LogP contribution in [0.15, 0.2) is 50.4 Å². The number of anilines is 1. The van der Waals surface area contributed by atoms with Crippen molar-refractivity contribution in [1.82, 2.24) is 10.2 Å². The van der Waals surface area contributed by atoms with Crippen LogP contribution >= 0.6 is 11.3 Å². The van der Waals surface area contributed by atoms with Gasteiger partial charge in [0.1, 0.15) is 16.5 Å². The fourth-order valence-corrected chi connectivity index (χ4v) is 4.71. The van der Waals surface area contributed by atoms with E-state index in [1.807, 2.05) is 0 Å². The fraction of sp³-hybridized carbons (Fsp3) is 0.200. The van der Waals surface area contributed by atoms with Crippen LogP contribution in [0.3, 0.4) is 0 Å². The molecule has 1 aromatic carbocycles. The fourth-order valence-electron chi connectivity index (χ4n) is 2.18. The summed E-state index contributed by atoms with van der Waals surface area (Å²) in [6.07, 6.45) is 0. The monoisotopic (exact) mass is 365 g/mol. The van der Waals surface area contributed by atoms with E-state index >= 15 is 0 Å². The smallest absolute Gasteiger partial charge is 0.274 e. The molecule has 0 aliphatic rings. The van der Waals surface area contributed by atoms with Gasteiger partial charge in [-0.2, -0.15) is 0 Å². The molecule has 0 aliphatic carbocycles. The standard InChI is InChI=1S/C15H15N3O4S2/c1-11-16-17-14(22-11)10-18(12-6-3-4-7-13(12)21-2)24(19,20)15-8-5-9-23-15/h3-9H,10H2,1-2H3. The minimum Gasteiger partial charge on any atom is -0.495 e. The molecule has 0 fully saturated rings. The van der Waals surface area contributed by atoms with Crippen LogP contribution in [0.5, 0.6) is 5.75 Å². The van der Waals surface area contributed by atoms with Gasteiger partial charge in [-0.05, 0) is 23.6 Å². The van der Waals surface area contributed by atoms with Gasteiger partial charge in [-0.1, -0.05) is 18.2 Å². The quantitative estimate of drug-likeness (QED) is 0.668. The van der Waals surface area contributed by atoms with Crippen LogP contribution in [0.25, 0.3) is 0 Å². The van der Waals surface area contributed by atoms with Gasteiger partial charge >= 0.3 is 0 Å². The summed E-state index contributed by atoms with van der Waals surface area (Å²) in [4.78, 5) is 0. The number of aromatic nitrogens is 2. The average molecular weight is 365 g/mol. The Labute approximate surface area is 143 Å². The number of ether oxygens (including phenoxy) is 1.